The van der Waals surface area contributed by atoms with E-state index in [0.29, 0.717) is 22.9 Å². The number of hydrogen-bond acceptors (Lipinski definition) is 3. The molecule has 1 unspecified atom stereocenters. The van der Waals surface area contributed by atoms with Crippen LogP contribution in [0.15, 0.2) is 24.4 Å². The van der Waals surface area contributed by atoms with Crippen molar-refractivity contribution in [3.8, 4) is 0 Å². The van der Waals surface area contributed by atoms with Crippen molar-refractivity contribution in [3.63, 3.8) is 0 Å². The fourth-order valence-electron chi connectivity index (χ4n) is 3.10. The Hall–Kier alpha value is -1.84. The van der Waals surface area contributed by atoms with Crippen LogP contribution in [0.4, 0.5) is 15.8 Å². The van der Waals surface area contributed by atoms with E-state index in [4.69, 9.17) is 5.73 Å². The Balaban J connectivity index is 2.19. The van der Waals surface area contributed by atoms with Crippen LogP contribution in [0.25, 0.3) is 10.9 Å². The number of fused-ring (bicyclic) bond motifs is 1. The van der Waals surface area contributed by atoms with Crippen molar-refractivity contribution in [2.75, 3.05) is 17.2 Å². The molecule has 1 aliphatic heterocycles. The first-order valence-electron chi connectivity index (χ1n) is 7.28. The highest BCUT2D eigenvalue weighted by atomic mass is 19.1. The van der Waals surface area contributed by atoms with Crippen molar-refractivity contribution in [2.24, 2.45) is 0 Å². The second kappa shape index (κ2) is 5.27. The smallest absolute Gasteiger partial charge is 0.150 e. The molecule has 0 spiro atoms. The summed E-state index contributed by atoms with van der Waals surface area (Å²) in [5.41, 5.74) is 7.67. The number of pyridine rings is 1. The van der Waals surface area contributed by atoms with Crippen LogP contribution in [0.1, 0.15) is 32.6 Å². The molecule has 3 rings (SSSR count). The zero-order valence-electron chi connectivity index (χ0n) is 11.8. The standard InChI is InChI=1S/C16H20FN3/c1-11-6-3-2-4-9-20(11)16-13(17)10-14(18)12-7-5-8-19-15(12)16/h5,7-8,10-11H,2-4,6,9,18H2,1H3. The molecule has 1 aromatic heterocycles. The summed E-state index contributed by atoms with van der Waals surface area (Å²) in [6.45, 7) is 3.05. The molecule has 1 saturated heterocycles. The number of aromatic nitrogens is 1. The normalized spacial score (nSPS) is 20.1. The molecular weight excluding hydrogens is 253 g/mol. The van der Waals surface area contributed by atoms with Crippen molar-refractivity contribution in [2.45, 2.75) is 38.6 Å². The zero-order valence-corrected chi connectivity index (χ0v) is 11.8. The molecular formula is C16H20FN3. The summed E-state index contributed by atoms with van der Waals surface area (Å²) in [5, 5.41) is 0.834. The van der Waals surface area contributed by atoms with Crippen LogP contribution < -0.4 is 10.6 Å². The van der Waals surface area contributed by atoms with Crippen molar-refractivity contribution < 1.29 is 4.39 Å². The van der Waals surface area contributed by atoms with Gasteiger partial charge in [-0.2, -0.15) is 0 Å². The molecule has 1 atom stereocenters. The van der Waals surface area contributed by atoms with E-state index in [1.807, 2.05) is 12.1 Å². The lowest BCUT2D eigenvalue weighted by atomic mass is 10.1. The van der Waals surface area contributed by atoms with Crippen molar-refractivity contribution >= 4 is 22.3 Å². The van der Waals surface area contributed by atoms with Gasteiger partial charge in [0, 0.05) is 29.9 Å². The number of nitrogens with two attached hydrogens (primary N) is 1. The molecule has 2 N–H and O–H groups in total. The van der Waals surface area contributed by atoms with E-state index >= 15 is 0 Å². The molecule has 1 fully saturated rings. The summed E-state index contributed by atoms with van der Waals surface area (Å²) >= 11 is 0. The third kappa shape index (κ3) is 2.19. The summed E-state index contributed by atoms with van der Waals surface area (Å²) in [7, 11) is 0. The molecule has 0 radical (unpaired) electrons. The Morgan fingerprint density at radius 1 is 1.35 bits per heavy atom. The second-order valence-corrected chi connectivity index (χ2v) is 5.59. The third-order valence-corrected chi connectivity index (χ3v) is 4.19. The van der Waals surface area contributed by atoms with Gasteiger partial charge >= 0.3 is 0 Å². The average molecular weight is 273 g/mol. The number of rotatable bonds is 1. The molecule has 3 nitrogen and oxygen atoms in total. The van der Waals surface area contributed by atoms with Gasteiger partial charge in [-0.3, -0.25) is 4.98 Å². The molecule has 0 aliphatic carbocycles. The van der Waals surface area contributed by atoms with E-state index < -0.39 is 0 Å². The molecule has 1 aliphatic rings. The van der Waals surface area contributed by atoms with Gasteiger partial charge in [0.15, 0.2) is 5.82 Å². The van der Waals surface area contributed by atoms with Gasteiger partial charge in [-0.25, -0.2) is 4.39 Å². The van der Waals surface area contributed by atoms with Crippen LogP contribution in [-0.4, -0.2) is 17.6 Å². The van der Waals surface area contributed by atoms with Gasteiger partial charge < -0.3 is 10.6 Å². The molecule has 20 heavy (non-hydrogen) atoms. The van der Waals surface area contributed by atoms with Gasteiger partial charge in [-0.05, 0) is 38.0 Å². The lowest BCUT2D eigenvalue weighted by molar-refractivity contribution is 0.583. The Morgan fingerprint density at radius 3 is 3.05 bits per heavy atom. The Morgan fingerprint density at radius 2 is 2.20 bits per heavy atom. The maximum absolute atomic E-state index is 14.5. The fraction of sp³-hybridized carbons (Fsp3) is 0.438. The number of anilines is 2. The van der Waals surface area contributed by atoms with Gasteiger partial charge in [0.25, 0.3) is 0 Å². The third-order valence-electron chi connectivity index (χ3n) is 4.19. The van der Waals surface area contributed by atoms with Gasteiger partial charge in [0.1, 0.15) is 5.69 Å². The quantitative estimate of drug-likeness (QED) is 0.805. The molecule has 2 heterocycles. The molecule has 0 amide bonds. The van der Waals surface area contributed by atoms with Crippen molar-refractivity contribution in [1.82, 2.24) is 4.98 Å². The van der Waals surface area contributed by atoms with Crippen LogP contribution in [0.2, 0.25) is 0 Å². The minimum absolute atomic E-state index is 0.262. The summed E-state index contributed by atoms with van der Waals surface area (Å²) in [6.07, 6.45) is 6.32. The SMILES string of the molecule is CC1CCCCCN1c1c(F)cc(N)c2cccnc12. The monoisotopic (exact) mass is 273 g/mol. The number of benzene rings is 1. The zero-order chi connectivity index (χ0) is 14.1. The summed E-state index contributed by atoms with van der Waals surface area (Å²) in [5.74, 6) is -0.262. The molecule has 0 saturated carbocycles. The highest BCUT2D eigenvalue weighted by Crippen LogP contribution is 2.35. The van der Waals surface area contributed by atoms with Crippen molar-refractivity contribution in [1.29, 1.82) is 0 Å². The Labute approximate surface area is 118 Å². The maximum atomic E-state index is 14.5. The first-order chi connectivity index (χ1) is 9.68. The van der Waals surface area contributed by atoms with E-state index in [9.17, 15) is 4.39 Å². The Kier molecular flexibility index (Phi) is 3.47. The molecule has 4 heteroatoms. The minimum atomic E-state index is -0.262. The fourth-order valence-corrected chi connectivity index (χ4v) is 3.10. The summed E-state index contributed by atoms with van der Waals surface area (Å²) in [6, 6.07) is 5.51. The van der Waals surface area contributed by atoms with Crippen LogP contribution in [0, 0.1) is 5.82 Å². The highest BCUT2D eigenvalue weighted by molar-refractivity contribution is 5.99. The minimum Gasteiger partial charge on any atom is -0.398 e. The van der Waals surface area contributed by atoms with Crippen molar-refractivity contribution in [3.05, 3.63) is 30.2 Å². The number of nitrogen functional groups attached to an aromatic ring is 1. The number of hydrogen-bond donors (Lipinski definition) is 1. The summed E-state index contributed by atoms with van der Waals surface area (Å²) in [4.78, 5) is 6.55. The lowest BCUT2D eigenvalue weighted by Crippen LogP contribution is -2.33. The van der Waals surface area contributed by atoms with Gasteiger partial charge in [0.05, 0.1) is 5.52 Å². The molecule has 1 aromatic carbocycles. The van der Waals surface area contributed by atoms with E-state index in [2.05, 4.69) is 16.8 Å². The van der Waals surface area contributed by atoms with E-state index in [1.54, 1.807) is 6.20 Å². The second-order valence-electron chi connectivity index (χ2n) is 5.59. The van der Waals surface area contributed by atoms with E-state index in [0.717, 1.165) is 24.8 Å². The van der Waals surface area contributed by atoms with Crippen LogP contribution in [-0.2, 0) is 0 Å². The number of halogens is 1. The van der Waals surface area contributed by atoms with E-state index in [-0.39, 0.29) is 5.82 Å². The highest BCUT2D eigenvalue weighted by Gasteiger charge is 2.23. The predicted molar refractivity (Wildman–Crippen MR) is 81.4 cm³/mol. The number of nitrogens with zero attached hydrogens (tertiary/aromatic N) is 2. The molecule has 2 aromatic rings. The lowest BCUT2D eigenvalue weighted by Gasteiger charge is -2.30. The average Bonchev–Trinajstić information content (AvgIpc) is 2.64. The predicted octanol–water partition coefficient (Wildman–Crippen LogP) is 3.73. The topological polar surface area (TPSA) is 42.1 Å². The van der Waals surface area contributed by atoms with Gasteiger partial charge in [0.2, 0.25) is 0 Å². The molecule has 0 bridgehead atoms. The first kappa shape index (κ1) is 13.2. The largest absolute Gasteiger partial charge is 0.398 e. The van der Waals surface area contributed by atoms with Crippen LogP contribution in [0.5, 0.6) is 0 Å². The summed E-state index contributed by atoms with van der Waals surface area (Å²) < 4.78 is 14.5. The van der Waals surface area contributed by atoms with Crippen LogP contribution >= 0.6 is 0 Å². The van der Waals surface area contributed by atoms with Crippen LogP contribution in [0.3, 0.4) is 0 Å². The Bertz CT molecular complexity index is 626. The van der Waals surface area contributed by atoms with Gasteiger partial charge in [-0.15, -0.1) is 0 Å². The maximum Gasteiger partial charge on any atom is 0.150 e. The van der Waals surface area contributed by atoms with E-state index in [1.165, 1.54) is 18.9 Å². The first-order valence-corrected chi connectivity index (χ1v) is 7.28. The van der Waals surface area contributed by atoms with Gasteiger partial charge in [-0.1, -0.05) is 12.8 Å². The molecule has 106 valence electrons.